The van der Waals surface area contributed by atoms with E-state index >= 15 is 0 Å². The van der Waals surface area contributed by atoms with Gasteiger partial charge < -0.3 is 10.4 Å². The van der Waals surface area contributed by atoms with E-state index in [0.29, 0.717) is 5.56 Å². The van der Waals surface area contributed by atoms with Crippen molar-refractivity contribution in [2.24, 2.45) is 0 Å². The minimum Gasteiger partial charge on any atom is -0.477 e. The molecule has 1 aromatic heterocycles. The van der Waals surface area contributed by atoms with Gasteiger partial charge >= 0.3 is 5.97 Å². The van der Waals surface area contributed by atoms with Gasteiger partial charge in [-0.1, -0.05) is 0 Å². The van der Waals surface area contributed by atoms with E-state index < -0.39 is 11.9 Å². The molecule has 0 aliphatic rings. The summed E-state index contributed by atoms with van der Waals surface area (Å²) < 4.78 is 0. The summed E-state index contributed by atoms with van der Waals surface area (Å²) in [6.07, 6.45) is 4.45. The molecule has 1 heterocycles. The van der Waals surface area contributed by atoms with Crippen LogP contribution in [0.2, 0.25) is 0 Å². The van der Waals surface area contributed by atoms with Crippen molar-refractivity contribution in [2.45, 2.75) is 6.92 Å². The highest BCUT2D eigenvalue weighted by Gasteiger charge is 2.08. The molecular weight excluding hydrogens is 196 g/mol. The number of nitrogens with one attached hydrogen (secondary N) is 1. The summed E-state index contributed by atoms with van der Waals surface area (Å²) in [6.45, 7) is 1.25. The number of rotatable bonds is 3. The molecule has 5 heteroatoms. The van der Waals surface area contributed by atoms with Crippen LogP contribution in [0, 0.1) is 0 Å². The van der Waals surface area contributed by atoms with Gasteiger partial charge in [-0.15, -0.1) is 0 Å². The van der Waals surface area contributed by atoms with E-state index in [1.54, 1.807) is 24.5 Å². The van der Waals surface area contributed by atoms with Crippen molar-refractivity contribution in [1.29, 1.82) is 0 Å². The van der Waals surface area contributed by atoms with Crippen LogP contribution < -0.4 is 5.32 Å². The molecule has 78 valence electrons. The molecule has 1 aromatic rings. The van der Waals surface area contributed by atoms with Gasteiger partial charge in [-0.3, -0.25) is 9.78 Å². The Kier molecular flexibility index (Phi) is 3.56. The lowest BCUT2D eigenvalue weighted by molar-refractivity contribution is -0.134. The van der Waals surface area contributed by atoms with Crippen LogP contribution in [0.5, 0.6) is 0 Å². The summed E-state index contributed by atoms with van der Waals surface area (Å²) in [5, 5.41) is 11.0. The highest BCUT2D eigenvalue weighted by atomic mass is 16.4. The molecule has 0 fully saturated rings. The summed E-state index contributed by atoms with van der Waals surface area (Å²) in [5.41, 5.74) is 0.504. The fourth-order valence-corrected chi connectivity index (χ4v) is 0.967. The Balaban J connectivity index is 2.94. The van der Waals surface area contributed by atoms with Crippen molar-refractivity contribution in [2.75, 3.05) is 0 Å². The van der Waals surface area contributed by atoms with Crippen molar-refractivity contribution < 1.29 is 14.7 Å². The van der Waals surface area contributed by atoms with Crippen LogP contribution in [0.25, 0.3) is 6.08 Å². The third kappa shape index (κ3) is 3.60. The number of carboxylic acids is 1. The van der Waals surface area contributed by atoms with Gasteiger partial charge in [0, 0.05) is 19.3 Å². The van der Waals surface area contributed by atoms with E-state index in [1.165, 1.54) is 13.0 Å². The Morgan fingerprint density at radius 1 is 1.40 bits per heavy atom. The predicted octanol–water partition coefficient (Wildman–Crippen LogP) is 0.643. The molecule has 0 saturated heterocycles. The summed E-state index contributed by atoms with van der Waals surface area (Å²) in [4.78, 5) is 25.3. The Bertz CT molecular complexity index is 398. The first-order valence-electron chi connectivity index (χ1n) is 4.22. The molecule has 0 radical (unpaired) electrons. The standard InChI is InChI=1S/C10H10N2O3/c1-7(13)12-9(10(14)15)6-8-2-4-11-5-3-8/h2-6H,1H3,(H,12,13)(H,14,15). The third-order valence-electron chi connectivity index (χ3n) is 1.56. The van der Waals surface area contributed by atoms with Gasteiger partial charge in [0.15, 0.2) is 0 Å². The lowest BCUT2D eigenvalue weighted by Crippen LogP contribution is -2.24. The van der Waals surface area contributed by atoms with Gasteiger partial charge in [-0.2, -0.15) is 0 Å². The molecule has 0 aliphatic carbocycles. The Labute approximate surface area is 86.5 Å². The van der Waals surface area contributed by atoms with Gasteiger partial charge in [0.25, 0.3) is 0 Å². The molecule has 0 atom stereocenters. The summed E-state index contributed by atoms with van der Waals surface area (Å²) in [5.74, 6) is -1.60. The molecule has 15 heavy (non-hydrogen) atoms. The number of aliphatic carboxylic acids is 1. The minimum absolute atomic E-state index is 0.159. The van der Waals surface area contributed by atoms with Gasteiger partial charge in [-0.25, -0.2) is 4.79 Å². The maximum atomic E-state index is 10.7. The second-order valence-electron chi connectivity index (χ2n) is 2.82. The zero-order chi connectivity index (χ0) is 11.3. The molecule has 0 aliphatic heterocycles. The highest BCUT2D eigenvalue weighted by molar-refractivity contribution is 5.96. The van der Waals surface area contributed by atoms with Crippen LogP contribution in [0.3, 0.4) is 0 Å². The van der Waals surface area contributed by atoms with E-state index in [2.05, 4.69) is 10.3 Å². The summed E-state index contributed by atoms with van der Waals surface area (Å²) in [7, 11) is 0. The smallest absolute Gasteiger partial charge is 0.352 e. The maximum Gasteiger partial charge on any atom is 0.352 e. The van der Waals surface area contributed by atoms with Gasteiger partial charge in [0.05, 0.1) is 0 Å². The number of hydrogen-bond donors (Lipinski definition) is 2. The van der Waals surface area contributed by atoms with Crippen LogP contribution in [0.1, 0.15) is 12.5 Å². The van der Waals surface area contributed by atoms with Crippen LogP contribution >= 0.6 is 0 Å². The third-order valence-corrected chi connectivity index (χ3v) is 1.56. The number of pyridine rings is 1. The first-order valence-corrected chi connectivity index (χ1v) is 4.22. The van der Waals surface area contributed by atoms with Gasteiger partial charge in [0.2, 0.25) is 5.91 Å². The average Bonchev–Trinajstić information content (AvgIpc) is 2.17. The topological polar surface area (TPSA) is 79.3 Å². The molecule has 0 saturated carbocycles. The molecule has 2 N–H and O–H groups in total. The Morgan fingerprint density at radius 2 is 2.00 bits per heavy atom. The first-order chi connectivity index (χ1) is 7.09. The lowest BCUT2D eigenvalue weighted by atomic mass is 10.2. The molecule has 0 spiro atoms. The molecular formula is C10H10N2O3. The van der Waals surface area contributed by atoms with Gasteiger partial charge in [0.1, 0.15) is 5.70 Å². The van der Waals surface area contributed by atoms with Crippen molar-refractivity contribution >= 4 is 18.0 Å². The number of carboxylic acid groups (broad SMARTS) is 1. The van der Waals surface area contributed by atoms with E-state index in [9.17, 15) is 9.59 Å². The molecule has 0 bridgehead atoms. The molecule has 0 aromatic carbocycles. The van der Waals surface area contributed by atoms with E-state index in [1.807, 2.05) is 0 Å². The number of carbonyl (C=O) groups is 2. The number of aromatic nitrogens is 1. The fraction of sp³-hybridized carbons (Fsp3) is 0.100. The zero-order valence-corrected chi connectivity index (χ0v) is 8.10. The van der Waals surface area contributed by atoms with E-state index in [0.717, 1.165) is 0 Å². The number of hydrogen-bond acceptors (Lipinski definition) is 3. The quantitative estimate of drug-likeness (QED) is 0.711. The van der Waals surface area contributed by atoms with Crippen LogP contribution in [-0.4, -0.2) is 22.0 Å². The van der Waals surface area contributed by atoms with Gasteiger partial charge in [-0.05, 0) is 23.8 Å². The molecule has 1 amide bonds. The monoisotopic (exact) mass is 206 g/mol. The van der Waals surface area contributed by atoms with Crippen LogP contribution in [0.15, 0.2) is 30.2 Å². The normalized spacial score (nSPS) is 10.9. The SMILES string of the molecule is CC(=O)NC(=Cc1ccncc1)C(=O)O. The van der Waals surface area contributed by atoms with Crippen LogP contribution in [0.4, 0.5) is 0 Å². The fourth-order valence-electron chi connectivity index (χ4n) is 0.967. The predicted molar refractivity (Wildman–Crippen MR) is 53.7 cm³/mol. The highest BCUT2D eigenvalue weighted by Crippen LogP contribution is 2.03. The van der Waals surface area contributed by atoms with Crippen molar-refractivity contribution in [3.8, 4) is 0 Å². The summed E-state index contributed by atoms with van der Waals surface area (Å²) in [6, 6.07) is 3.29. The second-order valence-corrected chi connectivity index (χ2v) is 2.82. The number of carbonyl (C=O) groups excluding carboxylic acids is 1. The first kappa shape index (κ1) is 10.9. The molecule has 5 nitrogen and oxygen atoms in total. The van der Waals surface area contributed by atoms with Crippen molar-refractivity contribution in [1.82, 2.24) is 10.3 Å². The van der Waals surface area contributed by atoms with E-state index in [4.69, 9.17) is 5.11 Å². The number of amides is 1. The van der Waals surface area contributed by atoms with Crippen molar-refractivity contribution in [3.63, 3.8) is 0 Å². The average molecular weight is 206 g/mol. The van der Waals surface area contributed by atoms with Crippen LogP contribution in [-0.2, 0) is 9.59 Å². The number of nitrogens with zero attached hydrogens (tertiary/aromatic N) is 1. The minimum atomic E-state index is -1.18. The maximum absolute atomic E-state index is 10.7. The zero-order valence-electron chi connectivity index (χ0n) is 8.10. The largest absolute Gasteiger partial charge is 0.477 e. The van der Waals surface area contributed by atoms with Crippen molar-refractivity contribution in [3.05, 3.63) is 35.8 Å². The summed E-state index contributed by atoms with van der Waals surface area (Å²) >= 11 is 0. The Morgan fingerprint density at radius 3 is 2.47 bits per heavy atom. The molecule has 1 rings (SSSR count). The Hall–Kier alpha value is -2.17. The second kappa shape index (κ2) is 4.90. The molecule has 0 unspecified atom stereocenters. The van der Waals surface area contributed by atoms with E-state index in [-0.39, 0.29) is 5.70 Å². The lowest BCUT2D eigenvalue weighted by Gasteiger charge is -2.02.